The van der Waals surface area contributed by atoms with Gasteiger partial charge in [-0.2, -0.15) is 0 Å². The molecule has 2 aromatic carbocycles. The summed E-state index contributed by atoms with van der Waals surface area (Å²) in [6, 6.07) is 13.5. The van der Waals surface area contributed by atoms with Crippen LogP contribution in [0.2, 0.25) is 5.02 Å². The van der Waals surface area contributed by atoms with Crippen LogP contribution in [0.1, 0.15) is 22.0 Å². The molecule has 2 aromatic rings. The lowest BCUT2D eigenvalue weighted by Crippen LogP contribution is -2.28. The molecule has 19 heavy (non-hydrogen) atoms. The fraction of sp³-hybridized carbons (Fsp3) is 0.0667. The van der Waals surface area contributed by atoms with E-state index in [9.17, 15) is 9.59 Å². The maximum atomic E-state index is 12.4. The number of carbonyl (C=O) groups excluding carboxylic acids is 2. The van der Waals surface area contributed by atoms with Gasteiger partial charge in [0.15, 0.2) is 0 Å². The van der Waals surface area contributed by atoms with Gasteiger partial charge in [0.1, 0.15) is 12.3 Å². The fourth-order valence-corrected chi connectivity index (χ4v) is 2.57. The average molecular weight is 272 g/mol. The number of carbonyl (C=O) groups is 2. The quantitative estimate of drug-likeness (QED) is 0.787. The highest BCUT2D eigenvalue weighted by molar-refractivity contribution is 6.31. The number of rotatable bonds is 2. The molecule has 1 aliphatic heterocycles. The van der Waals surface area contributed by atoms with E-state index in [4.69, 9.17) is 11.6 Å². The number of amides is 1. The molecule has 1 amide bonds. The van der Waals surface area contributed by atoms with E-state index >= 15 is 0 Å². The van der Waals surface area contributed by atoms with Crippen molar-refractivity contribution in [1.29, 1.82) is 0 Å². The molecule has 0 aliphatic carbocycles. The van der Waals surface area contributed by atoms with E-state index in [1.165, 1.54) is 4.90 Å². The molecule has 0 saturated heterocycles. The Balaban J connectivity index is 2.14. The molecule has 3 nitrogen and oxygen atoms in total. The third-order valence-corrected chi connectivity index (χ3v) is 3.46. The number of benzene rings is 2. The molecule has 0 radical (unpaired) electrons. The summed E-state index contributed by atoms with van der Waals surface area (Å²) in [5, 5.41) is 0.533. The van der Waals surface area contributed by atoms with E-state index in [1.807, 2.05) is 6.07 Å². The minimum atomic E-state index is -0.581. The molecule has 1 atom stereocenters. The van der Waals surface area contributed by atoms with Crippen LogP contribution in [0.5, 0.6) is 0 Å². The average Bonchev–Trinajstić information content (AvgIpc) is 2.72. The molecule has 1 unspecified atom stereocenters. The van der Waals surface area contributed by atoms with Crippen molar-refractivity contribution in [3.8, 4) is 0 Å². The number of hydrogen-bond donors (Lipinski definition) is 0. The second-order valence-electron chi connectivity index (χ2n) is 4.32. The monoisotopic (exact) mass is 271 g/mol. The Labute approximate surface area is 115 Å². The van der Waals surface area contributed by atoms with Crippen LogP contribution < -0.4 is 4.90 Å². The van der Waals surface area contributed by atoms with E-state index in [-0.39, 0.29) is 5.91 Å². The van der Waals surface area contributed by atoms with Gasteiger partial charge < -0.3 is 4.79 Å². The Morgan fingerprint density at radius 1 is 1.11 bits per heavy atom. The van der Waals surface area contributed by atoms with Gasteiger partial charge in [0.25, 0.3) is 5.91 Å². The number of anilines is 1. The molecule has 94 valence electrons. The lowest BCUT2D eigenvalue weighted by atomic mass is 10.1. The van der Waals surface area contributed by atoms with Gasteiger partial charge in [0.2, 0.25) is 0 Å². The highest BCUT2D eigenvalue weighted by atomic mass is 35.5. The maximum Gasteiger partial charge on any atom is 0.259 e. The molecule has 0 bridgehead atoms. The first-order valence-corrected chi connectivity index (χ1v) is 6.23. The van der Waals surface area contributed by atoms with Crippen molar-refractivity contribution in [3.63, 3.8) is 0 Å². The van der Waals surface area contributed by atoms with Crippen molar-refractivity contribution in [1.82, 2.24) is 0 Å². The van der Waals surface area contributed by atoms with E-state index in [0.29, 0.717) is 16.3 Å². The summed E-state index contributed by atoms with van der Waals surface area (Å²) in [5.41, 5.74) is 1.94. The summed E-state index contributed by atoms with van der Waals surface area (Å²) in [6.45, 7) is 0. The SMILES string of the molecule is O=CC1c2ccccc2C(=O)N1c1cccc(Cl)c1. The van der Waals surface area contributed by atoms with E-state index in [2.05, 4.69) is 0 Å². The largest absolute Gasteiger partial charge is 0.301 e. The van der Waals surface area contributed by atoms with Crippen LogP contribution in [-0.4, -0.2) is 12.2 Å². The van der Waals surface area contributed by atoms with Crippen LogP contribution >= 0.6 is 11.6 Å². The smallest absolute Gasteiger partial charge is 0.259 e. The first-order valence-electron chi connectivity index (χ1n) is 5.85. The molecule has 0 spiro atoms. The van der Waals surface area contributed by atoms with Crippen LogP contribution in [0.15, 0.2) is 48.5 Å². The fourth-order valence-electron chi connectivity index (χ4n) is 2.38. The van der Waals surface area contributed by atoms with Gasteiger partial charge in [0.05, 0.1) is 0 Å². The summed E-state index contributed by atoms with van der Waals surface area (Å²) < 4.78 is 0. The highest BCUT2D eigenvalue weighted by Gasteiger charge is 2.37. The molecule has 0 N–H and O–H groups in total. The molecule has 0 fully saturated rings. The normalized spacial score (nSPS) is 17.4. The predicted octanol–water partition coefficient (Wildman–Crippen LogP) is 3.24. The summed E-state index contributed by atoms with van der Waals surface area (Å²) in [4.78, 5) is 25.2. The number of aldehydes is 1. The molecular formula is C15H10ClNO2. The number of hydrogen-bond acceptors (Lipinski definition) is 2. The lowest BCUT2D eigenvalue weighted by molar-refractivity contribution is -0.108. The zero-order valence-electron chi connectivity index (χ0n) is 9.92. The van der Waals surface area contributed by atoms with Gasteiger partial charge >= 0.3 is 0 Å². The molecule has 4 heteroatoms. The van der Waals surface area contributed by atoms with E-state index in [1.54, 1.807) is 42.5 Å². The standard InChI is InChI=1S/C15H10ClNO2/c16-10-4-3-5-11(8-10)17-14(9-18)12-6-1-2-7-13(12)15(17)19/h1-9,14H. The molecule has 1 heterocycles. The van der Waals surface area contributed by atoms with Gasteiger partial charge in [-0.1, -0.05) is 35.9 Å². The summed E-state index contributed by atoms with van der Waals surface area (Å²) in [7, 11) is 0. The third-order valence-electron chi connectivity index (χ3n) is 3.22. The minimum Gasteiger partial charge on any atom is -0.301 e. The Morgan fingerprint density at radius 3 is 2.63 bits per heavy atom. The zero-order valence-corrected chi connectivity index (χ0v) is 10.7. The minimum absolute atomic E-state index is 0.171. The second-order valence-corrected chi connectivity index (χ2v) is 4.76. The van der Waals surface area contributed by atoms with Crippen LogP contribution in [-0.2, 0) is 4.79 Å². The van der Waals surface area contributed by atoms with Gasteiger partial charge in [-0.25, -0.2) is 0 Å². The van der Waals surface area contributed by atoms with Crippen LogP contribution in [0.4, 0.5) is 5.69 Å². The Bertz CT molecular complexity index is 669. The molecule has 0 aromatic heterocycles. The van der Waals surface area contributed by atoms with Crippen molar-refractivity contribution in [2.75, 3.05) is 4.90 Å². The Morgan fingerprint density at radius 2 is 1.89 bits per heavy atom. The summed E-state index contributed by atoms with van der Waals surface area (Å²) >= 11 is 5.95. The molecule has 1 aliphatic rings. The van der Waals surface area contributed by atoms with E-state index < -0.39 is 6.04 Å². The number of nitrogens with zero attached hydrogens (tertiary/aromatic N) is 1. The highest BCUT2D eigenvalue weighted by Crippen LogP contribution is 2.36. The first-order chi connectivity index (χ1) is 9.22. The topological polar surface area (TPSA) is 37.4 Å². The van der Waals surface area contributed by atoms with Gasteiger partial charge in [-0.05, 0) is 29.8 Å². The predicted molar refractivity (Wildman–Crippen MR) is 73.5 cm³/mol. The van der Waals surface area contributed by atoms with Crippen LogP contribution in [0, 0.1) is 0 Å². The Hall–Kier alpha value is -2.13. The van der Waals surface area contributed by atoms with Crippen molar-refractivity contribution in [2.24, 2.45) is 0 Å². The first kappa shape index (κ1) is 11.9. The number of halogens is 1. The maximum absolute atomic E-state index is 12.4. The molecule has 3 rings (SSSR count). The lowest BCUT2D eigenvalue weighted by Gasteiger charge is -2.21. The molecule has 0 saturated carbocycles. The van der Waals surface area contributed by atoms with Crippen LogP contribution in [0.25, 0.3) is 0 Å². The summed E-state index contributed by atoms with van der Waals surface area (Å²) in [6.07, 6.45) is 0.782. The van der Waals surface area contributed by atoms with E-state index in [0.717, 1.165) is 11.8 Å². The Kier molecular flexibility index (Phi) is 2.84. The zero-order chi connectivity index (χ0) is 13.4. The van der Waals surface area contributed by atoms with Crippen molar-refractivity contribution < 1.29 is 9.59 Å². The third kappa shape index (κ3) is 1.83. The summed E-state index contributed by atoms with van der Waals surface area (Å²) in [5.74, 6) is -0.171. The van der Waals surface area contributed by atoms with Gasteiger partial charge in [-0.3, -0.25) is 9.69 Å². The second kappa shape index (κ2) is 4.52. The van der Waals surface area contributed by atoms with Crippen molar-refractivity contribution in [3.05, 3.63) is 64.7 Å². The van der Waals surface area contributed by atoms with Gasteiger partial charge in [0, 0.05) is 16.3 Å². The van der Waals surface area contributed by atoms with Gasteiger partial charge in [-0.15, -0.1) is 0 Å². The number of fused-ring (bicyclic) bond motifs is 1. The molecular weight excluding hydrogens is 262 g/mol. The van der Waals surface area contributed by atoms with Crippen molar-refractivity contribution >= 4 is 29.5 Å². The van der Waals surface area contributed by atoms with Crippen molar-refractivity contribution in [2.45, 2.75) is 6.04 Å². The van der Waals surface area contributed by atoms with Crippen LogP contribution in [0.3, 0.4) is 0 Å².